The van der Waals surface area contributed by atoms with Gasteiger partial charge in [-0.1, -0.05) is 18.2 Å². The fourth-order valence-electron chi connectivity index (χ4n) is 3.43. The van der Waals surface area contributed by atoms with Crippen LogP contribution in [0.1, 0.15) is 45.3 Å². The topological polar surface area (TPSA) is 99.5 Å². The van der Waals surface area contributed by atoms with Gasteiger partial charge in [-0.15, -0.1) is 0 Å². The molecule has 1 fully saturated rings. The van der Waals surface area contributed by atoms with Crippen LogP contribution in [0.15, 0.2) is 54.6 Å². The highest BCUT2D eigenvalue weighted by atomic mass is 16.5. The van der Waals surface area contributed by atoms with E-state index in [1.165, 1.54) is 6.07 Å². The lowest BCUT2D eigenvalue weighted by Gasteiger charge is -2.18. The molecule has 3 aromatic rings. The van der Waals surface area contributed by atoms with Crippen LogP contribution in [0, 0.1) is 0 Å². The zero-order valence-corrected chi connectivity index (χ0v) is 16.5. The number of Topliss-reactive ketones (excluding diaryl/α,β-unsaturated/α-hetero) is 1. The van der Waals surface area contributed by atoms with E-state index in [4.69, 9.17) is 9.47 Å². The largest absolute Gasteiger partial charge is 0.482 e. The smallest absolute Gasteiger partial charge is 0.357 e. The number of carbonyl (C=O) groups excluding carboxylic acids is 3. The van der Waals surface area contributed by atoms with Crippen molar-refractivity contribution in [3.63, 3.8) is 0 Å². The molecule has 31 heavy (non-hydrogen) atoms. The molecule has 2 heterocycles. The number of para-hydroxylation sites is 1. The monoisotopic (exact) mass is 417 g/mol. The number of benzene rings is 2. The van der Waals surface area contributed by atoms with Crippen molar-refractivity contribution in [2.75, 3.05) is 18.5 Å². The Morgan fingerprint density at radius 1 is 1.13 bits per heavy atom. The van der Waals surface area contributed by atoms with E-state index in [-0.39, 0.29) is 24.0 Å². The predicted octanol–water partition coefficient (Wildman–Crippen LogP) is 3.12. The summed E-state index contributed by atoms with van der Waals surface area (Å²) in [7, 11) is 0. The van der Waals surface area contributed by atoms with Crippen molar-refractivity contribution in [3.05, 3.63) is 71.5 Å². The van der Waals surface area contributed by atoms with Gasteiger partial charge in [0.25, 0.3) is 5.91 Å². The Bertz CT molecular complexity index is 1180. The standard InChI is InChI=1S/C23H19N3O5/c27-20(15-8-9-21-18(10-15)24-22(28)13-30-21)12-31-23(29)19-11-17(14-6-7-14)25-26(19)16-4-2-1-3-5-16/h1-5,8-11,14H,6-7,12-13H2,(H,24,28). The summed E-state index contributed by atoms with van der Waals surface area (Å²) in [6.45, 7) is -0.485. The number of nitrogens with one attached hydrogen (secondary N) is 1. The van der Waals surface area contributed by atoms with Crippen molar-refractivity contribution in [3.8, 4) is 11.4 Å². The molecule has 0 atom stereocenters. The van der Waals surface area contributed by atoms with Gasteiger partial charge in [-0.25, -0.2) is 9.48 Å². The Hall–Kier alpha value is -3.94. The molecule has 1 aliphatic heterocycles. The van der Waals surface area contributed by atoms with E-state index in [1.54, 1.807) is 22.9 Å². The summed E-state index contributed by atoms with van der Waals surface area (Å²) in [5.41, 5.74) is 2.62. The Morgan fingerprint density at radius 2 is 1.94 bits per heavy atom. The van der Waals surface area contributed by atoms with Crippen LogP contribution in [0.25, 0.3) is 5.69 Å². The van der Waals surface area contributed by atoms with Gasteiger partial charge in [-0.3, -0.25) is 9.59 Å². The van der Waals surface area contributed by atoms with E-state index < -0.39 is 12.6 Å². The summed E-state index contributed by atoms with van der Waals surface area (Å²) < 4.78 is 12.2. The van der Waals surface area contributed by atoms with Gasteiger partial charge in [-0.2, -0.15) is 5.10 Å². The molecule has 0 bridgehead atoms. The number of amides is 1. The molecule has 0 saturated heterocycles. The SMILES string of the molecule is O=C1COc2ccc(C(=O)COC(=O)c3cc(C4CC4)nn3-c3ccccc3)cc2N1. The third-order valence-electron chi connectivity index (χ3n) is 5.20. The van der Waals surface area contributed by atoms with Crippen LogP contribution in [0.3, 0.4) is 0 Å². The summed E-state index contributed by atoms with van der Waals surface area (Å²) in [5, 5.41) is 7.24. The second-order valence-electron chi connectivity index (χ2n) is 7.52. The number of ketones is 1. The number of rotatable bonds is 6. The number of hydrogen-bond acceptors (Lipinski definition) is 6. The molecule has 1 saturated carbocycles. The Kier molecular flexibility index (Phi) is 4.74. The van der Waals surface area contributed by atoms with Crippen LogP contribution in [0.2, 0.25) is 0 Å². The molecule has 0 radical (unpaired) electrons. The summed E-state index contributed by atoms with van der Waals surface area (Å²) in [6.07, 6.45) is 2.11. The molecule has 8 heteroatoms. The second kappa shape index (κ2) is 7.71. The molecule has 1 aromatic heterocycles. The zero-order valence-electron chi connectivity index (χ0n) is 16.5. The van der Waals surface area contributed by atoms with Crippen molar-refractivity contribution in [1.29, 1.82) is 0 Å². The molecule has 8 nitrogen and oxygen atoms in total. The molecule has 0 spiro atoms. The van der Waals surface area contributed by atoms with E-state index in [0.717, 1.165) is 24.2 Å². The van der Waals surface area contributed by atoms with Crippen molar-refractivity contribution in [2.24, 2.45) is 0 Å². The highest BCUT2D eigenvalue weighted by Gasteiger charge is 2.29. The molecule has 156 valence electrons. The van der Waals surface area contributed by atoms with E-state index >= 15 is 0 Å². The maximum Gasteiger partial charge on any atom is 0.357 e. The van der Waals surface area contributed by atoms with E-state index in [9.17, 15) is 14.4 Å². The van der Waals surface area contributed by atoms with Gasteiger partial charge in [0.05, 0.1) is 17.1 Å². The quantitative estimate of drug-likeness (QED) is 0.489. The predicted molar refractivity (Wildman–Crippen MR) is 111 cm³/mol. The third-order valence-corrected chi connectivity index (χ3v) is 5.20. The zero-order chi connectivity index (χ0) is 21.4. The first kappa shape index (κ1) is 19.0. The maximum absolute atomic E-state index is 12.8. The highest BCUT2D eigenvalue weighted by Crippen LogP contribution is 2.39. The second-order valence-corrected chi connectivity index (χ2v) is 7.52. The number of nitrogens with zero attached hydrogens (tertiary/aromatic N) is 2. The van der Waals surface area contributed by atoms with Gasteiger partial charge < -0.3 is 14.8 Å². The lowest BCUT2D eigenvalue weighted by molar-refractivity contribution is -0.118. The summed E-state index contributed by atoms with van der Waals surface area (Å²) in [6, 6.07) is 15.8. The number of carbonyl (C=O) groups is 3. The van der Waals surface area contributed by atoms with E-state index in [1.807, 2.05) is 30.3 Å². The fraction of sp³-hybridized carbons (Fsp3) is 0.217. The minimum absolute atomic E-state index is 0.0597. The first-order chi connectivity index (χ1) is 15.1. The Balaban J connectivity index is 1.32. The van der Waals surface area contributed by atoms with Crippen LogP contribution in [0.4, 0.5) is 5.69 Å². The van der Waals surface area contributed by atoms with Crippen LogP contribution >= 0.6 is 0 Å². The first-order valence-electron chi connectivity index (χ1n) is 10.0. The first-order valence-corrected chi connectivity index (χ1v) is 10.0. The molecule has 2 aromatic carbocycles. The minimum Gasteiger partial charge on any atom is -0.482 e. The van der Waals surface area contributed by atoms with Gasteiger partial charge >= 0.3 is 5.97 Å². The van der Waals surface area contributed by atoms with Crippen LogP contribution in [0.5, 0.6) is 5.75 Å². The molecule has 1 aliphatic carbocycles. The van der Waals surface area contributed by atoms with Crippen molar-refractivity contribution in [2.45, 2.75) is 18.8 Å². The van der Waals surface area contributed by atoms with Gasteiger partial charge in [-0.05, 0) is 49.2 Å². The minimum atomic E-state index is -0.619. The van der Waals surface area contributed by atoms with E-state index in [2.05, 4.69) is 10.4 Å². The number of aromatic nitrogens is 2. The number of hydrogen-bond donors (Lipinski definition) is 1. The Labute approximate surface area is 177 Å². The number of anilines is 1. The number of ether oxygens (including phenoxy) is 2. The van der Waals surface area contributed by atoms with Crippen LogP contribution < -0.4 is 10.1 Å². The average molecular weight is 417 g/mol. The van der Waals surface area contributed by atoms with E-state index in [0.29, 0.717) is 22.9 Å². The summed E-state index contributed by atoms with van der Waals surface area (Å²) in [4.78, 5) is 36.9. The molecule has 1 amide bonds. The van der Waals surface area contributed by atoms with Gasteiger partial charge in [0, 0.05) is 11.5 Å². The number of esters is 1. The third kappa shape index (κ3) is 3.92. The van der Waals surface area contributed by atoms with Crippen molar-refractivity contribution in [1.82, 2.24) is 9.78 Å². The molecular weight excluding hydrogens is 398 g/mol. The lowest BCUT2D eigenvalue weighted by atomic mass is 10.1. The average Bonchev–Trinajstić information content (AvgIpc) is 3.55. The van der Waals surface area contributed by atoms with Gasteiger partial charge in [0.2, 0.25) is 0 Å². The highest BCUT2D eigenvalue weighted by molar-refractivity contribution is 6.02. The number of fused-ring (bicyclic) bond motifs is 1. The van der Waals surface area contributed by atoms with Crippen molar-refractivity contribution < 1.29 is 23.9 Å². The molecule has 1 N–H and O–H groups in total. The van der Waals surface area contributed by atoms with Gasteiger partial charge in [0.1, 0.15) is 5.75 Å². The fourth-order valence-corrected chi connectivity index (χ4v) is 3.43. The maximum atomic E-state index is 12.8. The summed E-state index contributed by atoms with van der Waals surface area (Å²) in [5.74, 6) is -0.432. The lowest BCUT2D eigenvalue weighted by Crippen LogP contribution is -2.25. The van der Waals surface area contributed by atoms with Crippen LogP contribution in [-0.2, 0) is 9.53 Å². The molecule has 5 rings (SSSR count). The Morgan fingerprint density at radius 3 is 2.71 bits per heavy atom. The van der Waals surface area contributed by atoms with Crippen LogP contribution in [-0.4, -0.2) is 40.7 Å². The van der Waals surface area contributed by atoms with Crippen molar-refractivity contribution >= 4 is 23.3 Å². The molecule has 2 aliphatic rings. The van der Waals surface area contributed by atoms with Gasteiger partial charge in [0.15, 0.2) is 24.7 Å². The normalized spacial score (nSPS) is 14.9. The summed E-state index contributed by atoms with van der Waals surface area (Å²) >= 11 is 0. The molecular formula is C23H19N3O5. The molecule has 0 unspecified atom stereocenters.